The van der Waals surface area contributed by atoms with E-state index in [1.54, 1.807) is 0 Å². The molecule has 5 nitrogen and oxygen atoms in total. The minimum atomic E-state index is -1.26. The van der Waals surface area contributed by atoms with Gasteiger partial charge in [-0.3, -0.25) is 0 Å². The molecule has 1 aliphatic rings. The van der Waals surface area contributed by atoms with Crippen LogP contribution in [0.2, 0.25) is 0 Å². The average molecular weight is 249 g/mol. The molecule has 1 aromatic carbocycles. The molecule has 4 N–H and O–H groups in total. The number of hydrogen-bond acceptors (Lipinski definition) is 3. The Kier molecular flexibility index (Phi) is 4.92. The lowest BCUT2D eigenvalue weighted by Crippen LogP contribution is -1.91. The Hall–Kier alpha value is -2.30. The molecule has 0 fully saturated rings. The summed E-state index contributed by atoms with van der Waals surface area (Å²) in [7, 11) is 0. The van der Waals surface area contributed by atoms with Crippen LogP contribution in [0.15, 0.2) is 30.4 Å². The van der Waals surface area contributed by atoms with Crippen LogP contribution in [0.3, 0.4) is 0 Å². The third-order valence-electron chi connectivity index (χ3n) is 2.55. The number of carboxylic acid groups (broad SMARTS) is 2. The number of hydrogen-bond donors (Lipinski definition) is 3. The van der Waals surface area contributed by atoms with Gasteiger partial charge in [0.1, 0.15) is 0 Å². The number of nitrogen functional groups attached to an aromatic ring is 1. The van der Waals surface area contributed by atoms with Gasteiger partial charge in [-0.2, -0.15) is 0 Å². The summed E-state index contributed by atoms with van der Waals surface area (Å²) < 4.78 is 0. The quantitative estimate of drug-likeness (QED) is 0.544. The van der Waals surface area contributed by atoms with Gasteiger partial charge in [0.15, 0.2) is 0 Å². The molecule has 0 aliphatic heterocycles. The number of benzene rings is 1. The van der Waals surface area contributed by atoms with E-state index in [1.165, 1.54) is 30.4 Å². The van der Waals surface area contributed by atoms with Crippen molar-refractivity contribution in [2.75, 3.05) is 5.73 Å². The molecule has 0 saturated heterocycles. The molecule has 0 unspecified atom stereocenters. The van der Waals surface area contributed by atoms with Crippen molar-refractivity contribution in [2.45, 2.75) is 19.3 Å². The molecule has 2 rings (SSSR count). The minimum Gasteiger partial charge on any atom is -0.478 e. The number of anilines is 1. The molecule has 96 valence electrons. The molecule has 0 bridgehead atoms. The Bertz CT molecular complexity index is 464. The van der Waals surface area contributed by atoms with E-state index in [2.05, 4.69) is 6.07 Å². The fourth-order valence-electron chi connectivity index (χ4n) is 1.79. The van der Waals surface area contributed by atoms with Crippen molar-refractivity contribution in [1.82, 2.24) is 0 Å². The number of fused-ring (bicyclic) bond motifs is 1. The van der Waals surface area contributed by atoms with Gasteiger partial charge in [0.05, 0.1) is 0 Å². The molecular formula is C13H15NO4. The zero-order valence-corrected chi connectivity index (χ0v) is 9.80. The SMILES string of the molecule is Nc1cccc2c1CCC2.O=C(O)/C=C/C(=O)O. The van der Waals surface area contributed by atoms with E-state index >= 15 is 0 Å². The van der Waals surface area contributed by atoms with Crippen molar-refractivity contribution in [2.24, 2.45) is 0 Å². The molecule has 1 aliphatic carbocycles. The van der Waals surface area contributed by atoms with Crippen LogP contribution in [0.25, 0.3) is 0 Å². The van der Waals surface area contributed by atoms with E-state index in [0.29, 0.717) is 12.2 Å². The molecule has 0 spiro atoms. The number of rotatable bonds is 2. The number of carboxylic acids is 2. The first kappa shape index (κ1) is 13.8. The Morgan fingerprint density at radius 1 is 1.11 bits per heavy atom. The van der Waals surface area contributed by atoms with Crippen LogP contribution in [-0.4, -0.2) is 22.2 Å². The first-order valence-corrected chi connectivity index (χ1v) is 5.51. The van der Waals surface area contributed by atoms with E-state index in [1.807, 2.05) is 12.1 Å². The Morgan fingerprint density at radius 2 is 1.72 bits per heavy atom. The van der Waals surface area contributed by atoms with Gasteiger partial charge in [0.25, 0.3) is 0 Å². The Morgan fingerprint density at radius 3 is 2.22 bits per heavy atom. The highest BCUT2D eigenvalue weighted by Crippen LogP contribution is 2.26. The van der Waals surface area contributed by atoms with E-state index < -0.39 is 11.9 Å². The predicted octanol–water partition coefficient (Wildman–Crippen LogP) is 1.47. The van der Waals surface area contributed by atoms with Crippen LogP contribution in [0.4, 0.5) is 5.69 Å². The molecule has 0 atom stereocenters. The van der Waals surface area contributed by atoms with Gasteiger partial charge >= 0.3 is 11.9 Å². The highest BCUT2D eigenvalue weighted by atomic mass is 16.4. The van der Waals surface area contributed by atoms with Gasteiger partial charge in [0.2, 0.25) is 0 Å². The summed E-state index contributed by atoms with van der Waals surface area (Å²) in [6.45, 7) is 0. The standard InChI is InChI=1S/C9H11N.C4H4O4/c10-9-6-2-4-7-3-1-5-8(7)9;5-3(6)1-2-4(7)8/h2,4,6H,1,3,5,10H2;1-2H,(H,5,6)(H,7,8)/b;2-1+. The second kappa shape index (κ2) is 6.44. The van der Waals surface area contributed by atoms with Gasteiger partial charge in [-0.15, -0.1) is 0 Å². The van der Waals surface area contributed by atoms with E-state index in [0.717, 1.165) is 5.69 Å². The van der Waals surface area contributed by atoms with E-state index in [-0.39, 0.29) is 0 Å². The zero-order valence-electron chi connectivity index (χ0n) is 9.80. The normalized spacial score (nSPS) is 12.7. The van der Waals surface area contributed by atoms with Crippen LogP contribution >= 0.6 is 0 Å². The lowest BCUT2D eigenvalue weighted by atomic mass is 10.1. The summed E-state index contributed by atoms with van der Waals surface area (Å²) in [5, 5.41) is 15.6. The van der Waals surface area contributed by atoms with Gasteiger partial charge in [0, 0.05) is 17.8 Å². The largest absolute Gasteiger partial charge is 0.478 e. The second-order valence-electron chi connectivity index (χ2n) is 3.85. The summed E-state index contributed by atoms with van der Waals surface area (Å²) in [6.07, 6.45) is 4.80. The summed E-state index contributed by atoms with van der Waals surface area (Å²) >= 11 is 0. The van der Waals surface area contributed by atoms with Crippen molar-refractivity contribution < 1.29 is 19.8 Å². The van der Waals surface area contributed by atoms with Gasteiger partial charge in [-0.05, 0) is 36.5 Å². The fraction of sp³-hybridized carbons (Fsp3) is 0.231. The van der Waals surface area contributed by atoms with Gasteiger partial charge < -0.3 is 15.9 Å². The number of aliphatic carboxylic acids is 2. The fourth-order valence-corrected chi connectivity index (χ4v) is 1.79. The van der Waals surface area contributed by atoms with Crippen molar-refractivity contribution in [1.29, 1.82) is 0 Å². The molecule has 0 aromatic heterocycles. The zero-order chi connectivity index (χ0) is 13.5. The maximum absolute atomic E-state index is 9.55. The van der Waals surface area contributed by atoms with Crippen molar-refractivity contribution >= 4 is 17.6 Å². The molecule has 0 radical (unpaired) electrons. The molecule has 5 heteroatoms. The number of aryl methyl sites for hydroxylation is 1. The van der Waals surface area contributed by atoms with Crippen LogP contribution in [0.5, 0.6) is 0 Å². The van der Waals surface area contributed by atoms with Gasteiger partial charge in [-0.1, -0.05) is 12.1 Å². The summed E-state index contributed by atoms with van der Waals surface area (Å²) in [5.41, 5.74) is 9.60. The predicted molar refractivity (Wildman–Crippen MR) is 67.3 cm³/mol. The summed E-state index contributed by atoms with van der Waals surface area (Å²) in [5.74, 6) is -2.51. The minimum absolute atomic E-state index is 0.558. The number of carbonyl (C=O) groups is 2. The Labute approximate surface area is 105 Å². The lowest BCUT2D eigenvalue weighted by molar-refractivity contribution is -0.134. The van der Waals surface area contributed by atoms with E-state index in [9.17, 15) is 9.59 Å². The highest BCUT2D eigenvalue weighted by Gasteiger charge is 2.11. The average Bonchev–Trinajstić information content (AvgIpc) is 2.77. The molecule has 0 heterocycles. The van der Waals surface area contributed by atoms with Crippen LogP contribution in [-0.2, 0) is 22.4 Å². The number of nitrogens with two attached hydrogens (primary N) is 1. The topological polar surface area (TPSA) is 101 Å². The van der Waals surface area contributed by atoms with Crippen molar-refractivity contribution in [3.8, 4) is 0 Å². The second-order valence-corrected chi connectivity index (χ2v) is 3.85. The van der Waals surface area contributed by atoms with E-state index in [4.69, 9.17) is 15.9 Å². The molecule has 1 aromatic rings. The first-order chi connectivity index (χ1) is 8.50. The smallest absolute Gasteiger partial charge is 0.328 e. The first-order valence-electron chi connectivity index (χ1n) is 5.51. The molecular weight excluding hydrogens is 234 g/mol. The highest BCUT2D eigenvalue weighted by molar-refractivity contribution is 5.89. The summed E-state index contributed by atoms with van der Waals surface area (Å²) in [4.78, 5) is 19.1. The third kappa shape index (κ3) is 4.29. The van der Waals surface area contributed by atoms with Crippen molar-refractivity contribution in [3.63, 3.8) is 0 Å². The van der Waals surface area contributed by atoms with Crippen molar-refractivity contribution in [3.05, 3.63) is 41.5 Å². The monoisotopic (exact) mass is 249 g/mol. The molecule has 0 saturated carbocycles. The Balaban J connectivity index is 0.000000187. The lowest BCUT2D eigenvalue weighted by Gasteiger charge is -2.00. The van der Waals surface area contributed by atoms with Crippen LogP contribution in [0.1, 0.15) is 17.5 Å². The third-order valence-corrected chi connectivity index (χ3v) is 2.55. The van der Waals surface area contributed by atoms with Crippen LogP contribution < -0.4 is 5.73 Å². The maximum atomic E-state index is 9.55. The summed E-state index contributed by atoms with van der Waals surface area (Å²) in [6, 6.07) is 6.21. The van der Waals surface area contributed by atoms with Gasteiger partial charge in [-0.25, -0.2) is 9.59 Å². The maximum Gasteiger partial charge on any atom is 0.328 e. The molecule has 0 amide bonds. The molecule has 18 heavy (non-hydrogen) atoms. The van der Waals surface area contributed by atoms with Crippen LogP contribution in [0, 0.1) is 0 Å².